The van der Waals surface area contributed by atoms with Crippen LogP contribution in [0.2, 0.25) is 0 Å². The lowest BCUT2D eigenvalue weighted by Crippen LogP contribution is -2.12. The second-order valence-corrected chi connectivity index (χ2v) is 8.85. The standard InChI is InChI=1S/C22H24N4OS/c1-12(2)26-13(3)9-15(14(26)4)10-16(11-23)20-24-21(27)19-17-7-5-6-8-18(17)28-22(19)25-20/h9-10,12H,5-8H2,1-4H3,(H,24,25,27). The molecule has 144 valence electrons. The predicted molar refractivity (Wildman–Crippen MR) is 115 cm³/mol. The van der Waals surface area contributed by atoms with Crippen molar-refractivity contribution in [2.45, 2.75) is 59.4 Å². The van der Waals surface area contributed by atoms with E-state index in [1.165, 1.54) is 11.3 Å². The van der Waals surface area contributed by atoms with Crippen LogP contribution >= 0.6 is 11.3 Å². The van der Waals surface area contributed by atoms with E-state index in [9.17, 15) is 10.1 Å². The Labute approximate surface area is 168 Å². The van der Waals surface area contributed by atoms with E-state index in [2.05, 4.69) is 54.4 Å². The minimum Gasteiger partial charge on any atom is -0.346 e. The highest BCUT2D eigenvalue weighted by Gasteiger charge is 2.21. The quantitative estimate of drug-likeness (QED) is 0.642. The molecule has 4 rings (SSSR count). The molecule has 5 nitrogen and oxygen atoms in total. The van der Waals surface area contributed by atoms with Gasteiger partial charge in [-0.15, -0.1) is 11.3 Å². The van der Waals surface area contributed by atoms with Crippen LogP contribution in [0.25, 0.3) is 21.9 Å². The first-order valence-corrected chi connectivity index (χ1v) is 10.6. The third kappa shape index (κ3) is 3.00. The Bertz CT molecular complexity index is 1200. The fraction of sp³-hybridized carbons (Fsp3) is 0.409. The van der Waals surface area contributed by atoms with Crippen molar-refractivity contribution in [3.05, 3.63) is 49.6 Å². The number of aromatic nitrogens is 3. The van der Waals surface area contributed by atoms with E-state index in [1.807, 2.05) is 6.08 Å². The van der Waals surface area contributed by atoms with Crippen LogP contribution in [-0.4, -0.2) is 14.5 Å². The minimum absolute atomic E-state index is 0.131. The number of hydrogen-bond acceptors (Lipinski definition) is 4. The molecule has 0 saturated heterocycles. The maximum Gasteiger partial charge on any atom is 0.260 e. The molecule has 1 aliphatic carbocycles. The zero-order valence-corrected chi connectivity index (χ0v) is 17.5. The van der Waals surface area contributed by atoms with E-state index in [-0.39, 0.29) is 5.56 Å². The van der Waals surface area contributed by atoms with Crippen LogP contribution in [0.5, 0.6) is 0 Å². The Morgan fingerprint density at radius 2 is 2.11 bits per heavy atom. The van der Waals surface area contributed by atoms with Crippen molar-refractivity contribution in [3.8, 4) is 6.07 Å². The number of nitriles is 1. The summed E-state index contributed by atoms with van der Waals surface area (Å²) >= 11 is 1.60. The van der Waals surface area contributed by atoms with Gasteiger partial charge >= 0.3 is 0 Å². The van der Waals surface area contributed by atoms with Gasteiger partial charge in [0.1, 0.15) is 10.9 Å². The van der Waals surface area contributed by atoms with E-state index >= 15 is 0 Å². The van der Waals surface area contributed by atoms with Crippen LogP contribution in [0.4, 0.5) is 0 Å². The molecular formula is C22H24N4OS. The topological polar surface area (TPSA) is 74.5 Å². The second-order valence-electron chi connectivity index (χ2n) is 7.77. The van der Waals surface area contributed by atoms with E-state index in [0.717, 1.165) is 52.0 Å². The third-order valence-corrected chi connectivity index (χ3v) is 6.73. The Morgan fingerprint density at radius 1 is 1.36 bits per heavy atom. The summed E-state index contributed by atoms with van der Waals surface area (Å²) in [6.07, 6.45) is 6.09. The number of H-pyrrole nitrogens is 1. The minimum atomic E-state index is -0.131. The molecule has 0 aromatic carbocycles. The van der Waals surface area contributed by atoms with Gasteiger partial charge in [-0.2, -0.15) is 5.26 Å². The molecule has 3 aromatic heterocycles. The number of fused-ring (bicyclic) bond motifs is 3. The molecule has 0 atom stereocenters. The first-order valence-electron chi connectivity index (χ1n) is 9.76. The number of aryl methyl sites for hydroxylation is 3. The number of aromatic amines is 1. The highest BCUT2D eigenvalue weighted by molar-refractivity contribution is 7.18. The van der Waals surface area contributed by atoms with Crippen LogP contribution in [0.15, 0.2) is 10.9 Å². The fourth-order valence-corrected chi connectivity index (χ4v) is 5.61. The first kappa shape index (κ1) is 18.7. The smallest absolute Gasteiger partial charge is 0.260 e. The number of rotatable bonds is 3. The molecule has 0 aliphatic heterocycles. The summed E-state index contributed by atoms with van der Waals surface area (Å²) in [6, 6.07) is 4.65. The first-order chi connectivity index (χ1) is 13.4. The van der Waals surface area contributed by atoms with Gasteiger partial charge in [0.2, 0.25) is 0 Å². The molecule has 0 saturated carbocycles. The van der Waals surface area contributed by atoms with Gasteiger partial charge in [-0.25, -0.2) is 4.98 Å². The third-order valence-electron chi connectivity index (χ3n) is 5.54. The Kier molecular flexibility index (Phi) is 4.72. The van der Waals surface area contributed by atoms with Gasteiger partial charge in [-0.1, -0.05) is 0 Å². The molecule has 1 N–H and O–H groups in total. The van der Waals surface area contributed by atoms with Crippen LogP contribution in [-0.2, 0) is 12.8 Å². The number of allylic oxidation sites excluding steroid dienone is 1. The maximum absolute atomic E-state index is 12.8. The summed E-state index contributed by atoms with van der Waals surface area (Å²) in [7, 11) is 0. The number of nitrogens with zero attached hydrogens (tertiary/aromatic N) is 3. The molecule has 28 heavy (non-hydrogen) atoms. The van der Waals surface area contributed by atoms with Crippen molar-refractivity contribution in [3.63, 3.8) is 0 Å². The summed E-state index contributed by atoms with van der Waals surface area (Å²) in [5.41, 5.74) is 4.65. The summed E-state index contributed by atoms with van der Waals surface area (Å²) in [6.45, 7) is 8.41. The second kappa shape index (κ2) is 7.06. The van der Waals surface area contributed by atoms with Gasteiger partial charge in [0.25, 0.3) is 5.56 Å². The van der Waals surface area contributed by atoms with Crippen LogP contribution < -0.4 is 5.56 Å². The molecular weight excluding hydrogens is 368 g/mol. The van der Waals surface area contributed by atoms with Gasteiger partial charge in [-0.05, 0) is 76.6 Å². The lowest BCUT2D eigenvalue weighted by molar-refractivity contribution is 0.574. The van der Waals surface area contributed by atoms with Gasteiger partial charge < -0.3 is 9.55 Å². The van der Waals surface area contributed by atoms with Gasteiger partial charge in [0, 0.05) is 22.3 Å². The van der Waals surface area contributed by atoms with Crippen LogP contribution in [0.3, 0.4) is 0 Å². The molecule has 0 radical (unpaired) electrons. The summed E-state index contributed by atoms with van der Waals surface area (Å²) < 4.78 is 2.24. The molecule has 1 aliphatic rings. The number of nitrogens with one attached hydrogen (secondary N) is 1. The lowest BCUT2D eigenvalue weighted by atomic mass is 9.97. The van der Waals surface area contributed by atoms with Crippen molar-refractivity contribution in [1.82, 2.24) is 14.5 Å². The molecule has 0 amide bonds. The van der Waals surface area contributed by atoms with Gasteiger partial charge in [0.05, 0.1) is 11.0 Å². The number of thiophene rings is 1. The molecule has 3 heterocycles. The van der Waals surface area contributed by atoms with Gasteiger partial charge in [-0.3, -0.25) is 4.79 Å². The van der Waals surface area contributed by atoms with E-state index in [0.29, 0.717) is 17.4 Å². The Balaban J connectivity index is 1.84. The molecule has 6 heteroatoms. The normalized spacial score (nSPS) is 14.5. The summed E-state index contributed by atoms with van der Waals surface area (Å²) in [5, 5.41) is 10.5. The van der Waals surface area contributed by atoms with Crippen molar-refractivity contribution in [1.29, 1.82) is 5.26 Å². The zero-order valence-electron chi connectivity index (χ0n) is 16.7. The molecule has 3 aromatic rings. The average Bonchev–Trinajstić information content (AvgIpc) is 3.16. The van der Waals surface area contributed by atoms with E-state index < -0.39 is 0 Å². The van der Waals surface area contributed by atoms with E-state index in [1.54, 1.807) is 11.3 Å². The highest BCUT2D eigenvalue weighted by atomic mass is 32.1. The fourth-order valence-electron chi connectivity index (χ4n) is 4.34. The van der Waals surface area contributed by atoms with Crippen LogP contribution in [0, 0.1) is 25.2 Å². The predicted octanol–water partition coefficient (Wildman–Crippen LogP) is 4.93. The van der Waals surface area contributed by atoms with Crippen molar-refractivity contribution in [2.24, 2.45) is 0 Å². The molecule has 0 unspecified atom stereocenters. The summed E-state index contributed by atoms with van der Waals surface area (Å²) in [5.74, 6) is 0.355. The highest BCUT2D eigenvalue weighted by Crippen LogP contribution is 2.34. The maximum atomic E-state index is 12.8. The Hall–Kier alpha value is -2.65. The van der Waals surface area contributed by atoms with Crippen molar-refractivity contribution >= 4 is 33.2 Å². The Morgan fingerprint density at radius 3 is 2.79 bits per heavy atom. The zero-order chi connectivity index (χ0) is 20.0. The van der Waals surface area contributed by atoms with Crippen molar-refractivity contribution in [2.75, 3.05) is 0 Å². The van der Waals surface area contributed by atoms with Gasteiger partial charge in [0.15, 0.2) is 5.82 Å². The monoisotopic (exact) mass is 392 g/mol. The lowest BCUT2D eigenvalue weighted by Gasteiger charge is -2.13. The largest absolute Gasteiger partial charge is 0.346 e. The molecule has 0 fully saturated rings. The van der Waals surface area contributed by atoms with Crippen molar-refractivity contribution < 1.29 is 0 Å². The molecule has 0 bridgehead atoms. The molecule has 0 spiro atoms. The summed E-state index contributed by atoms with van der Waals surface area (Å²) in [4.78, 5) is 22.3. The average molecular weight is 393 g/mol. The van der Waals surface area contributed by atoms with Crippen LogP contribution in [0.1, 0.15) is 65.9 Å². The number of hydrogen-bond donors (Lipinski definition) is 1. The van der Waals surface area contributed by atoms with E-state index in [4.69, 9.17) is 0 Å². The SMILES string of the molecule is Cc1cc(C=C(C#N)c2nc3sc4c(c3c(=O)[nH]2)CCCC4)c(C)n1C(C)C.